The van der Waals surface area contributed by atoms with Crippen LogP contribution in [0.15, 0.2) is 12.1 Å². The maximum atomic E-state index is 3.80. The number of halogens is 2. The zero-order chi connectivity index (χ0) is 15.6. The lowest BCUT2D eigenvalue weighted by atomic mass is 9.86. The van der Waals surface area contributed by atoms with E-state index in [1.165, 1.54) is 22.4 Å². The van der Waals surface area contributed by atoms with Gasteiger partial charge in [-0.3, -0.25) is 0 Å². The van der Waals surface area contributed by atoms with Crippen molar-refractivity contribution in [1.82, 2.24) is 9.62 Å². The Labute approximate surface area is 140 Å². The Bertz CT molecular complexity index is 432. The summed E-state index contributed by atoms with van der Waals surface area (Å²) in [5, 5.41) is 0. The lowest BCUT2D eigenvalue weighted by Crippen LogP contribution is -2.56. The third-order valence-corrected chi connectivity index (χ3v) is 5.73. The first-order valence-electron chi connectivity index (χ1n) is 6.64. The van der Waals surface area contributed by atoms with Gasteiger partial charge >= 0.3 is 11.6 Å². The van der Waals surface area contributed by atoms with Gasteiger partial charge in [0, 0.05) is 5.69 Å². The predicted octanol–water partition coefficient (Wildman–Crippen LogP) is 3.30. The van der Waals surface area contributed by atoms with E-state index in [-0.39, 0.29) is 11.6 Å². The number of nitrogens with zero attached hydrogens (tertiary/aromatic N) is 3. The van der Waals surface area contributed by atoms with E-state index < -0.39 is 0 Å². The van der Waals surface area contributed by atoms with Gasteiger partial charge in [-0.1, -0.05) is 17.7 Å². The molecular formula is C13H23B2Br2N3. The Morgan fingerprint density at radius 2 is 1.15 bits per heavy atom. The van der Waals surface area contributed by atoms with Gasteiger partial charge in [0.15, 0.2) is 0 Å². The number of hydrogen-bond donors (Lipinski definition) is 0. The molecular weight excluding hydrogens is 380 g/mol. The van der Waals surface area contributed by atoms with Crippen LogP contribution < -0.4 is 4.72 Å². The lowest BCUT2D eigenvalue weighted by molar-refractivity contribution is 0.638. The highest BCUT2D eigenvalue weighted by molar-refractivity contribution is 9.26. The molecule has 0 atom stereocenters. The molecule has 0 saturated carbocycles. The Balaban J connectivity index is 3.38. The quantitative estimate of drug-likeness (QED) is 0.700. The van der Waals surface area contributed by atoms with Crippen LogP contribution in [-0.4, -0.2) is 49.4 Å². The van der Waals surface area contributed by atoms with Crippen molar-refractivity contribution >= 4 is 48.8 Å². The van der Waals surface area contributed by atoms with Gasteiger partial charge in [-0.05, 0) is 60.1 Å². The molecule has 0 N–H and O–H groups in total. The fraction of sp³-hybridized carbons (Fsp3) is 0.538. The van der Waals surface area contributed by atoms with E-state index in [2.05, 4.69) is 107 Å². The molecule has 1 rings (SSSR count). The van der Waals surface area contributed by atoms with Gasteiger partial charge < -0.3 is 14.3 Å². The van der Waals surface area contributed by atoms with Gasteiger partial charge in [0.05, 0.1) is 0 Å². The van der Waals surface area contributed by atoms with Gasteiger partial charge in [0.1, 0.15) is 0 Å². The van der Waals surface area contributed by atoms with Crippen LogP contribution in [0.5, 0.6) is 0 Å². The van der Waals surface area contributed by atoms with Gasteiger partial charge in [0.25, 0.3) is 0 Å². The summed E-state index contributed by atoms with van der Waals surface area (Å²) in [5.74, 6) is 0.212. The second kappa shape index (κ2) is 7.34. The molecule has 0 radical (unpaired) electrons. The summed E-state index contributed by atoms with van der Waals surface area (Å²) in [4.78, 5) is 4.30. The minimum atomic E-state index is 0.106. The van der Waals surface area contributed by atoms with E-state index in [1.54, 1.807) is 0 Å². The molecule has 0 unspecified atom stereocenters. The second-order valence-corrected chi connectivity index (χ2v) is 7.34. The average Bonchev–Trinajstić information content (AvgIpc) is 2.31. The molecule has 1 aromatic rings. The summed E-state index contributed by atoms with van der Waals surface area (Å²) in [6.45, 7) is 6.49. The van der Waals surface area contributed by atoms with Gasteiger partial charge in [-0.2, -0.15) is 0 Å². The maximum Gasteiger partial charge on any atom is 0.411 e. The molecule has 0 aliphatic rings. The van der Waals surface area contributed by atoms with Gasteiger partial charge in [-0.25, -0.2) is 0 Å². The number of aryl methyl sites for hydroxylation is 3. The normalized spacial score (nSPS) is 11.2. The van der Waals surface area contributed by atoms with Crippen LogP contribution in [0.3, 0.4) is 0 Å². The molecule has 0 spiro atoms. The van der Waals surface area contributed by atoms with Crippen molar-refractivity contribution in [2.45, 2.75) is 20.8 Å². The average molecular weight is 403 g/mol. The predicted molar refractivity (Wildman–Crippen MR) is 99.9 cm³/mol. The molecule has 0 heterocycles. The largest absolute Gasteiger partial charge is 0.413 e. The van der Waals surface area contributed by atoms with Crippen LogP contribution in [0.2, 0.25) is 0 Å². The highest BCUT2D eigenvalue weighted by atomic mass is 79.9. The molecule has 20 heavy (non-hydrogen) atoms. The van der Waals surface area contributed by atoms with Crippen LogP contribution in [-0.2, 0) is 0 Å². The SMILES string of the molecule is Cc1cc(C)c(N(B(Br)N(C)C)B(Br)N(C)C)c(C)c1. The minimum Gasteiger partial charge on any atom is -0.413 e. The Morgan fingerprint density at radius 1 is 0.800 bits per heavy atom. The third kappa shape index (κ3) is 4.03. The number of benzene rings is 1. The Morgan fingerprint density at radius 3 is 1.45 bits per heavy atom. The molecule has 0 bridgehead atoms. The van der Waals surface area contributed by atoms with E-state index in [1.807, 2.05) is 0 Å². The molecule has 0 saturated heterocycles. The number of rotatable bonds is 5. The summed E-state index contributed by atoms with van der Waals surface area (Å²) in [7, 11) is 8.28. The summed E-state index contributed by atoms with van der Waals surface area (Å²) >= 11 is 7.59. The van der Waals surface area contributed by atoms with E-state index in [0.717, 1.165) is 0 Å². The molecule has 0 aromatic heterocycles. The van der Waals surface area contributed by atoms with E-state index >= 15 is 0 Å². The fourth-order valence-corrected chi connectivity index (χ4v) is 3.57. The summed E-state index contributed by atoms with van der Waals surface area (Å²) < 4.78 is 2.34. The van der Waals surface area contributed by atoms with E-state index in [4.69, 9.17) is 0 Å². The minimum absolute atomic E-state index is 0.106. The molecule has 0 aliphatic heterocycles. The van der Waals surface area contributed by atoms with Gasteiger partial charge in [-0.15, -0.1) is 31.5 Å². The summed E-state index contributed by atoms with van der Waals surface area (Å²) in [6.07, 6.45) is 0. The zero-order valence-electron chi connectivity index (χ0n) is 13.4. The first kappa shape index (κ1) is 18.1. The molecule has 110 valence electrons. The monoisotopic (exact) mass is 401 g/mol. The van der Waals surface area contributed by atoms with Crippen LogP contribution in [0.1, 0.15) is 16.7 Å². The number of anilines is 1. The topological polar surface area (TPSA) is 9.72 Å². The molecule has 3 nitrogen and oxygen atoms in total. The summed E-state index contributed by atoms with van der Waals surface area (Å²) in [6, 6.07) is 4.47. The maximum absolute atomic E-state index is 3.80. The zero-order valence-corrected chi connectivity index (χ0v) is 16.6. The van der Waals surface area contributed by atoms with Crippen LogP contribution in [0.25, 0.3) is 0 Å². The first-order valence-corrected chi connectivity index (χ1v) is 8.47. The summed E-state index contributed by atoms with van der Waals surface area (Å²) in [5.41, 5.74) is 5.15. The molecule has 7 heteroatoms. The Kier molecular flexibility index (Phi) is 6.64. The molecule has 0 aliphatic carbocycles. The van der Waals surface area contributed by atoms with Gasteiger partial charge in [0.2, 0.25) is 0 Å². The van der Waals surface area contributed by atoms with E-state index in [0.29, 0.717) is 0 Å². The highest BCUT2D eigenvalue weighted by Gasteiger charge is 2.35. The molecule has 0 amide bonds. The second-order valence-electron chi connectivity index (χ2n) is 5.70. The van der Waals surface area contributed by atoms with Crippen LogP contribution in [0.4, 0.5) is 5.69 Å². The standard InChI is InChI=1S/C13H23B2Br2N3/c1-10-8-11(2)13(12(3)9-10)20(14(16)18(4)5)15(17)19(6)7/h8-9H,1-7H3. The third-order valence-electron chi connectivity index (χ3n) is 3.20. The van der Waals surface area contributed by atoms with Crippen molar-refractivity contribution in [1.29, 1.82) is 0 Å². The highest BCUT2D eigenvalue weighted by Crippen LogP contribution is 2.31. The Hall–Kier alpha value is 0.0299. The molecule has 0 fully saturated rings. The fourth-order valence-electron chi connectivity index (χ4n) is 2.39. The van der Waals surface area contributed by atoms with E-state index in [9.17, 15) is 0 Å². The smallest absolute Gasteiger partial charge is 0.411 e. The lowest BCUT2D eigenvalue weighted by Gasteiger charge is -2.38. The van der Waals surface area contributed by atoms with Crippen molar-refractivity contribution in [3.05, 3.63) is 28.8 Å². The van der Waals surface area contributed by atoms with Crippen molar-refractivity contribution in [3.8, 4) is 0 Å². The van der Waals surface area contributed by atoms with Crippen molar-refractivity contribution in [2.24, 2.45) is 0 Å². The van der Waals surface area contributed by atoms with Crippen molar-refractivity contribution < 1.29 is 0 Å². The van der Waals surface area contributed by atoms with Crippen LogP contribution >= 0.6 is 31.5 Å². The van der Waals surface area contributed by atoms with Crippen molar-refractivity contribution in [2.75, 3.05) is 32.9 Å². The van der Waals surface area contributed by atoms with Crippen LogP contribution in [0, 0.1) is 20.8 Å². The van der Waals surface area contributed by atoms with Crippen molar-refractivity contribution in [3.63, 3.8) is 0 Å². The molecule has 1 aromatic carbocycles. The first-order chi connectivity index (χ1) is 9.16. The number of hydrogen-bond acceptors (Lipinski definition) is 3.